The number of fused-ring (bicyclic) bond motifs is 1. The third-order valence-corrected chi connectivity index (χ3v) is 5.36. The molecule has 2 aromatic carbocycles. The Bertz CT molecular complexity index is 1060. The molecule has 1 heterocycles. The minimum Gasteiger partial charge on any atom is -0.508 e. The second-order valence-corrected chi connectivity index (χ2v) is 8.31. The van der Waals surface area contributed by atoms with Crippen LogP contribution in [0.15, 0.2) is 48.1 Å². The predicted octanol–water partition coefficient (Wildman–Crippen LogP) is 4.50. The number of carbonyl (C=O) groups excluding carboxylic acids is 1. The molecule has 0 saturated heterocycles. The van der Waals surface area contributed by atoms with Crippen LogP contribution in [-0.2, 0) is 12.8 Å². The molecule has 0 spiro atoms. The molecule has 164 valence electrons. The fourth-order valence-electron chi connectivity index (χ4n) is 3.59. The normalized spacial score (nSPS) is 16.3. The van der Waals surface area contributed by atoms with Gasteiger partial charge < -0.3 is 25.2 Å². The lowest BCUT2D eigenvalue weighted by atomic mass is 9.90. The summed E-state index contributed by atoms with van der Waals surface area (Å²) in [6, 6.07) is 5.92. The SMILES string of the molecule is C=C(C)[C@H](O)Cc1cc([C@@H]2CC(=O)c3c(O)cc(O)cc3O2)cc(CC=C(C)C)c1O. The molecule has 1 aliphatic rings. The van der Waals surface area contributed by atoms with Crippen molar-refractivity contribution in [2.24, 2.45) is 0 Å². The molecular weight excluding hydrogens is 396 g/mol. The third-order valence-electron chi connectivity index (χ3n) is 5.36. The summed E-state index contributed by atoms with van der Waals surface area (Å²) in [6.45, 7) is 9.41. The van der Waals surface area contributed by atoms with E-state index in [1.165, 1.54) is 6.07 Å². The van der Waals surface area contributed by atoms with Gasteiger partial charge in [0.1, 0.15) is 34.7 Å². The van der Waals surface area contributed by atoms with Crippen molar-refractivity contribution >= 4 is 5.78 Å². The smallest absolute Gasteiger partial charge is 0.174 e. The second-order valence-electron chi connectivity index (χ2n) is 8.31. The minimum absolute atomic E-state index is 0.000670. The van der Waals surface area contributed by atoms with Crippen LogP contribution in [0.1, 0.15) is 60.3 Å². The molecule has 4 N–H and O–H groups in total. The molecular formula is C25H28O6. The fourth-order valence-corrected chi connectivity index (χ4v) is 3.59. The Morgan fingerprint density at radius 1 is 1.16 bits per heavy atom. The summed E-state index contributed by atoms with van der Waals surface area (Å²) >= 11 is 0. The summed E-state index contributed by atoms with van der Waals surface area (Å²) < 4.78 is 5.96. The summed E-state index contributed by atoms with van der Waals surface area (Å²) in [5.74, 6) is -0.615. The van der Waals surface area contributed by atoms with Gasteiger partial charge in [0, 0.05) is 18.6 Å². The highest BCUT2D eigenvalue weighted by molar-refractivity contribution is 6.02. The first-order valence-electron chi connectivity index (χ1n) is 10.1. The molecule has 6 nitrogen and oxygen atoms in total. The number of hydrogen-bond donors (Lipinski definition) is 4. The van der Waals surface area contributed by atoms with Gasteiger partial charge in [-0.1, -0.05) is 23.8 Å². The van der Waals surface area contributed by atoms with Gasteiger partial charge in [0.15, 0.2) is 5.78 Å². The molecule has 2 atom stereocenters. The van der Waals surface area contributed by atoms with E-state index in [1.807, 2.05) is 19.9 Å². The second kappa shape index (κ2) is 8.86. The van der Waals surface area contributed by atoms with Crippen LogP contribution in [0.5, 0.6) is 23.0 Å². The molecule has 6 heteroatoms. The molecule has 1 aliphatic heterocycles. The Morgan fingerprint density at radius 2 is 1.84 bits per heavy atom. The van der Waals surface area contributed by atoms with Crippen LogP contribution in [0.3, 0.4) is 0 Å². The number of allylic oxidation sites excluding steroid dienone is 2. The van der Waals surface area contributed by atoms with Gasteiger partial charge in [0.05, 0.1) is 12.5 Å². The first-order valence-corrected chi connectivity index (χ1v) is 10.1. The van der Waals surface area contributed by atoms with Crippen molar-refractivity contribution in [2.45, 2.75) is 52.2 Å². The maximum absolute atomic E-state index is 12.7. The van der Waals surface area contributed by atoms with Gasteiger partial charge in [-0.3, -0.25) is 4.79 Å². The van der Waals surface area contributed by atoms with E-state index in [1.54, 1.807) is 19.1 Å². The number of carbonyl (C=O) groups is 1. The third kappa shape index (κ3) is 4.91. The predicted molar refractivity (Wildman–Crippen MR) is 118 cm³/mol. The zero-order chi connectivity index (χ0) is 22.9. The van der Waals surface area contributed by atoms with Gasteiger partial charge >= 0.3 is 0 Å². The lowest BCUT2D eigenvalue weighted by Gasteiger charge is -2.27. The molecule has 0 aliphatic carbocycles. The zero-order valence-electron chi connectivity index (χ0n) is 18.0. The number of rotatable bonds is 6. The lowest BCUT2D eigenvalue weighted by molar-refractivity contribution is 0.0844. The number of benzene rings is 2. The monoisotopic (exact) mass is 424 g/mol. The number of ketones is 1. The van der Waals surface area contributed by atoms with Crippen molar-refractivity contribution in [2.75, 3.05) is 0 Å². The van der Waals surface area contributed by atoms with Crippen LogP contribution in [0.2, 0.25) is 0 Å². The van der Waals surface area contributed by atoms with E-state index >= 15 is 0 Å². The molecule has 0 fully saturated rings. The number of Topliss-reactive ketones (excluding diaryl/α,β-unsaturated/α-hetero) is 1. The minimum atomic E-state index is -0.819. The van der Waals surface area contributed by atoms with Crippen LogP contribution < -0.4 is 4.74 Å². The van der Waals surface area contributed by atoms with Crippen molar-refractivity contribution in [1.82, 2.24) is 0 Å². The van der Waals surface area contributed by atoms with Gasteiger partial charge in [-0.15, -0.1) is 0 Å². The molecule has 0 radical (unpaired) electrons. The number of phenolic OH excluding ortho intramolecular Hbond substituents is 3. The highest BCUT2D eigenvalue weighted by Gasteiger charge is 2.31. The Kier molecular flexibility index (Phi) is 6.41. The van der Waals surface area contributed by atoms with E-state index < -0.39 is 12.2 Å². The molecule has 3 rings (SSSR count). The molecule has 0 aromatic heterocycles. The lowest BCUT2D eigenvalue weighted by Crippen LogP contribution is -2.21. The van der Waals surface area contributed by atoms with E-state index in [-0.39, 0.29) is 47.2 Å². The Balaban J connectivity index is 2.05. The van der Waals surface area contributed by atoms with E-state index in [2.05, 4.69) is 6.58 Å². The maximum atomic E-state index is 12.7. The number of aliphatic hydroxyl groups is 1. The maximum Gasteiger partial charge on any atom is 0.174 e. The Labute approximate surface area is 181 Å². The van der Waals surface area contributed by atoms with Gasteiger partial charge in [0.2, 0.25) is 0 Å². The molecule has 2 aromatic rings. The van der Waals surface area contributed by atoms with Gasteiger partial charge in [0.25, 0.3) is 0 Å². The molecule has 0 amide bonds. The first kappa shape index (κ1) is 22.4. The summed E-state index contributed by atoms with van der Waals surface area (Å²) in [4.78, 5) is 12.7. The summed E-state index contributed by atoms with van der Waals surface area (Å²) in [5, 5.41) is 40.9. The zero-order valence-corrected chi connectivity index (χ0v) is 18.0. The van der Waals surface area contributed by atoms with Crippen LogP contribution in [0.4, 0.5) is 0 Å². The van der Waals surface area contributed by atoms with Gasteiger partial charge in [-0.25, -0.2) is 0 Å². The highest BCUT2D eigenvalue weighted by atomic mass is 16.5. The van der Waals surface area contributed by atoms with Crippen LogP contribution >= 0.6 is 0 Å². The van der Waals surface area contributed by atoms with Crippen molar-refractivity contribution in [3.05, 3.63) is 70.3 Å². The topological polar surface area (TPSA) is 107 Å². The number of hydrogen-bond acceptors (Lipinski definition) is 6. The first-order chi connectivity index (χ1) is 14.6. The highest BCUT2D eigenvalue weighted by Crippen LogP contribution is 2.42. The van der Waals surface area contributed by atoms with Gasteiger partial charge in [-0.05, 0) is 56.0 Å². The largest absolute Gasteiger partial charge is 0.508 e. The van der Waals surface area contributed by atoms with E-state index in [9.17, 15) is 25.2 Å². The van der Waals surface area contributed by atoms with Crippen LogP contribution in [-0.4, -0.2) is 32.3 Å². The average Bonchev–Trinajstić information content (AvgIpc) is 2.67. The molecule has 0 saturated carbocycles. The van der Waals surface area contributed by atoms with E-state index in [4.69, 9.17) is 4.74 Å². The summed E-state index contributed by atoms with van der Waals surface area (Å²) in [5.41, 5.74) is 3.59. The number of phenols is 3. The van der Waals surface area contributed by atoms with Gasteiger partial charge in [-0.2, -0.15) is 0 Å². The Morgan fingerprint density at radius 3 is 2.48 bits per heavy atom. The summed E-state index contributed by atoms with van der Waals surface area (Å²) in [7, 11) is 0. The van der Waals surface area contributed by atoms with E-state index in [0.29, 0.717) is 28.7 Å². The quantitative estimate of drug-likeness (QED) is 0.509. The van der Waals surface area contributed by atoms with Crippen LogP contribution in [0, 0.1) is 0 Å². The Hall–Kier alpha value is -3.25. The fraction of sp³-hybridized carbons (Fsp3) is 0.320. The number of aromatic hydroxyl groups is 3. The van der Waals surface area contributed by atoms with Crippen molar-refractivity contribution in [1.29, 1.82) is 0 Å². The van der Waals surface area contributed by atoms with Crippen molar-refractivity contribution in [3.63, 3.8) is 0 Å². The molecule has 31 heavy (non-hydrogen) atoms. The van der Waals surface area contributed by atoms with Crippen molar-refractivity contribution in [3.8, 4) is 23.0 Å². The number of ether oxygens (including phenoxy) is 1. The standard InChI is InChI=1S/C25H28O6/c1-13(2)5-6-15-7-16(8-17(25(15)30)9-19(27)14(3)4)22-12-21(29)24-20(28)10-18(26)11-23(24)31-22/h5,7-8,10-11,19,22,26-28,30H,3,6,9,12H2,1-2,4H3/t19-,22+/m1/s1. The van der Waals surface area contributed by atoms with Crippen molar-refractivity contribution < 1.29 is 30.0 Å². The average molecular weight is 424 g/mol. The molecule has 0 bridgehead atoms. The summed E-state index contributed by atoms with van der Waals surface area (Å²) in [6.07, 6.45) is 1.16. The molecule has 0 unspecified atom stereocenters. The van der Waals surface area contributed by atoms with Crippen LogP contribution in [0.25, 0.3) is 0 Å². The van der Waals surface area contributed by atoms with E-state index in [0.717, 1.165) is 11.6 Å². The number of aliphatic hydroxyl groups excluding tert-OH is 1.